The van der Waals surface area contributed by atoms with E-state index in [9.17, 15) is 19.3 Å². The van der Waals surface area contributed by atoms with E-state index in [0.717, 1.165) is 35.4 Å². The third-order valence-corrected chi connectivity index (χ3v) is 6.18. The van der Waals surface area contributed by atoms with E-state index >= 15 is 0 Å². The minimum absolute atomic E-state index is 0.184. The fourth-order valence-electron chi connectivity index (χ4n) is 4.11. The number of aryl methyl sites for hydroxylation is 2. The van der Waals surface area contributed by atoms with Gasteiger partial charge in [0.1, 0.15) is 0 Å². The number of fused-ring (bicyclic) bond motifs is 1. The van der Waals surface area contributed by atoms with Crippen LogP contribution < -0.4 is 10.6 Å². The zero-order chi connectivity index (χ0) is 23.5. The second kappa shape index (κ2) is 9.58. The third-order valence-electron chi connectivity index (χ3n) is 5.93. The van der Waals surface area contributed by atoms with Crippen LogP contribution in [0.25, 0.3) is 0 Å². The van der Waals surface area contributed by atoms with Crippen molar-refractivity contribution in [1.29, 1.82) is 0 Å². The number of nitrogens with zero attached hydrogens (tertiary/aromatic N) is 3. The molecule has 0 bridgehead atoms. The predicted molar refractivity (Wildman–Crippen MR) is 123 cm³/mol. The van der Waals surface area contributed by atoms with E-state index in [-0.39, 0.29) is 13.1 Å². The Morgan fingerprint density at radius 2 is 1.91 bits per heavy atom. The van der Waals surface area contributed by atoms with Crippen molar-refractivity contribution < 1.29 is 14.4 Å². The molecule has 9 nitrogen and oxygen atoms in total. The van der Waals surface area contributed by atoms with Crippen LogP contribution >= 0.6 is 11.6 Å². The van der Waals surface area contributed by atoms with Crippen molar-refractivity contribution in [2.45, 2.75) is 39.0 Å². The Hall–Kier alpha value is -3.46. The lowest BCUT2D eigenvalue weighted by Gasteiger charge is -2.41. The molecule has 0 saturated carbocycles. The predicted octanol–water partition coefficient (Wildman–Crippen LogP) is 4.10. The average Bonchev–Trinajstić information content (AvgIpc) is 3.27. The molecule has 1 aliphatic carbocycles. The Kier molecular flexibility index (Phi) is 6.60. The van der Waals surface area contributed by atoms with Gasteiger partial charge in [-0.05, 0) is 60.2 Å². The first-order chi connectivity index (χ1) is 15.9. The van der Waals surface area contributed by atoms with Gasteiger partial charge in [0.15, 0.2) is 6.29 Å². The molecule has 0 spiro atoms. The lowest BCUT2D eigenvalue weighted by molar-refractivity contribution is -0.121. The molecule has 10 heteroatoms. The number of nitrogens with one attached hydrogen (secondary N) is 2. The van der Waals surface area contributed by atoms with Crippen LogP contribution in [0.1, 0.15) is 30.0 Å². The molecular formula is C23H24ClN5O4. The van der Waals surface area contributed by atoms with Crippen LogP contribution in [-0.2, 0) is 24.2 Å². The lowest BCUT2D eigenvalue weighted by Crippen LogP contribution is -2.67. The maximum absolute atomic E-state index is 13.3. The Balaban J connectivity index is 1.59. The van der Waals surface area contributed by atoms with Gasteiger partial charge in [0.05, 0.1) is 12.5 Å². The molecule has 172 valence electrons. The SMILES string of the molecule is C[C@@H](CN1C(=O)NC(Nc2ccc3c(c2)CCC3)N(Cc2ccc(Cl)cc2)C1=O)C(=O)N=O. The molecule has 4 rings (SSSR count). The molecule has 1 fully saturated rings. The highest BCUT2D eigenvalue weighted by atomic mass is 35.5. The van der Waals surface area contributed by atoms with E-state index in [0.29, 0.717) is 5.02 Å². The number of nitroso groups, excluding NO2 is 1. The van der Waals surface area contributed by atoms with Gasteiger partial charge in [0.2, 0.25) is 0 Å². The fraction of sp³-hybridized carbons (Fsp3) is 0.348. The largest absolute Gasteiger partial charge is 0.348 e. The molecule has 33 heavy (non-hydrogen) atoms. The Morgan fingerprint density at radius 3 is 2.64 bits per heavy atom. The van der Waals surface area contributed by atoms with Gasteiger partial charge < -0.3 is 5.32 Å². The minimum Gasteiger partial charge on any atom is -0.348 e. The normalized spacial score (nSPS) is 18.5. The lowest BCUT2D eigenvalue weighted by atomic mass is 10.1. The molecule has 2 atom stereocenters. The summed E-state index contributed by atoms with van der Waals surface area (Å²) >= 11 is 5.98. The van der Waals surface area contributed by atoms with Crippen LogP contribution in [0.4, 0.5) is 15.3 Å². The number of hydrogen-bond acceptors (Lipinski definition) is 5. The molecule has 1 saturated heterocycles. The average molecular weight is 470 g/mol. The molecule has 5 amide bonds. The first-order valence-corrected chi connectivity index (χ1v) is 11.1. The quantitative estimate of drug-likeness (QED) is 0.593. The van der Waals surface area contributed by atoms with Crippen molar-refractivity contribution in [3.05, 3.63) is 69.1 Å². The molecule has 2 aromatic carbocycles. The maximum atomic E-state index is 13.3. The van der Waals surface area contributed by atoms with Gasteiger partial charge in [-0.15, -0.1) is 4.91 Å². The number of carbonyl (C=O) groups excluding carboxylic acids is 3. The number of imide groups is 1. The summed E-state index contributed by atoms with van der Waals surface area (Å²) in [5, 5.41) is 9.01. The summed E-state index contributed by atoms with van der Waals surface area (Å²) in [4.78, 5) is 50.7. The molecule has 1 aliphatic heterocycles. The number of amides is 5. The molecule has 2 N–H and O–H groups in total. The van der Waals surface area contributed by atoms with E-state index in [2.05, 4.69) is 21.9 Å². The van der Waals surface area contributed by atoms with Crippen molar-refractivity contribution in [3.8, 4) is 0 Å². The molecule has 0 aromatic heterocycles. The zero-order valence-corrected chi connectivity index (χ0v) is 18.8. The summed E-state index contributed by atoms with van der Waals surface area (Å²) in [5.41, 5.74) is 4.17. The Morgan fingerprint density at radius 1 is 1.18 bits per heavy atom. The number of hydrogen-bond donors (Lipinski definition) is 2. The highest BCUT2D eigenvalue weighted by molar-refractivity contribution is 6.30. The van der Waals surface area contributed by atoms with E-state index in [4.69, 9.17) is 11.6 Å². The Labute approximate surface area is 196 Å². The number of rotatable bonds is 7. The Bertz CT molecular complexity index is 1090. The topological polar surface area (TPSA) is 111 Å². The molecule has 0 radical (unpaired) electrons. The van der Waals surface area contributed by atoms with Gasteiger partial charge >= 0.3 is 12.1 Å². The van der Waals surface area contributed by atoms with Gasteiger partial charge in [0, 0.05) is 22.4 Å². The first kappa shape index (κ1) is 22.7. The summed E-state index contributed by atoms with van der Waals surface area (Å²) in [7, 11) is 0. The number of urea groups is 2. The van der Waals surface area contributed by atoms with Gasteiger partial charge in [0.25, 0.3) is 5.91 Å². The van der Waals surface area contributed by atoms with Gasteiger partial charge in [-0.25, -0.2) is 14.5 Å². The monoisotopic (exact) mass is 469 g/mol. The van der Waals surface area contributed by atoms with E-state index in [1.54, 1.807) is 24.3 Å². The summed E-state index contributed by atoms with van der Waals surface area (Å²) in [6.07, 6.45) is 2.35. The van der Waals surface area contributed by atoms with Crippen molar-refractivity contribution >= 4 is 35.3 Å². The molecule has 2 aliphatic rings. The first-order valence-electron chi connectivity index (χ1n) is 10.7. The minimum atomic E-state index is -0.918. The van der Waals surface area contributed by atoms with Gasteiger partial charge in [-0.3, -0.25) is 15.0 Å². The summed E-state index contributed by atoms with van der Waals surface area (Å²) in [5.74, 6) is -1.82. The third kappa shape index (κ3) is 4.98. The van der Waals surface area contributed by atoms with Gasteiger partial charge in [-0.1, -0.05) is 36.7 Å². The summed E-state index contributed by atoms with van der Waals surface area (Å²) in [6, 6.07) is 11.8. The zero-order valence-electron chi connectivity index (χ0n) is 18.1. The smallest absolute Gasteiger partial charge is 0.331 e. The van der Waals surface area contributed by atoms with E-state index in [1.807, 2.05) is 12.1 Å². The van der Waals surface area contributed by atoms with Crippen molar-refractivity contribution in [2.24, 2.45) is 11.1 Å². The summed E-state index contributed by atoms with van der Waals surface area (Å²) < 4.78 is 0. The number of halogens is 1. The van der Waals surface area contributed by atoms with Crippen LogP contribution in [0.2, 0.25) is 5.02 Å². The second-order valence-corrected chi connectivity index (χ2v) is 8.75. The van der Waals surface area contributed by atoms with Gasteiger partial charge in [-0.2, -0.15) is 0 Å². The maximum Gasteiger partial charge on any atom is 0.331 e. The van der Waals surface area contributed by atoms with Crippen molar-refractivity contribution in [2.75, 3.05) is 11.9 Å². The number of carbonyl (C=O) groups is 3. The summed E-state index contributed by atoms with van der Waals surface area (Å²) in [6.45, 7) is 1.38. The second-order valence-electron chi connectivity index (χ2n) is 8.31. The molecule has 1 heterocycles. The molecule has 1 unspecified atom stereocenters. The van der Waals surface area contributed by atoms with Crippen LogP contribution in [0.15, 0.2) is 47.6 Å². The van der Waals surface area contributed by atoms with Crippen LogP contribution in [-0.4, -0.2) is 40.6 Å². The fourth-order valence-corrected chi connectivity index (χ4v) is 4.23. The number of benzene rings is 2. The van der Waals surface area contributed by atoms with E-state index in [1.165, 1.54) is 23.0 Å². The molecular weight excluding hydrogens is 446 g/mol. The van der Waals surface area contributed by atoms with Crippen LogP contribution in [0, 0.1) is 10.8 Å². The van der Waals surface area contributed by atoms with Crippen molar-refractivity contribution in [1.82, 2.24) is 15.1 Å². The molecule has 2 aromatic rings. The highest BCUT2D eigenvalue weighted by Gasteiger charge is 2.39. The standard InChI is InChI=1S/C23H24ClN5O4/c1-14(20(30)27-33)12-29-22(31)26-21(25-19-10-7-16-3-2-4-17(16)11-19)28(23(29)32)13-15-5-8-18(24)9-6-15/h5-11,14,21,25H,2-4,12-13H2,1H3,(H,26,31)/t14-,21?/m0/s1. The van der Waals surface area contributed by atoms with Crippen molar-refractivity contribution in [3.63, 3.8) is 0 Å². The highest BCUT2D eigenvalue weighted by Crippen LogP contribution is 2.26. The van der Waals surface area contributed by atoms with Crippen LogP contribution in [0.3, 0.4) is 0 Å². The van der Waals surface area contributed by atoms with Crippen LogP contribution in [0.5, 0.6) is 0 Å². The van der Waals surface area contributed by atoms with E-state index < -0.39 is 30.2 Å². The number of anilines is 1.